The lowest BCUT2D eigenvalue weighted by Gasteiger charge is -2.08. The van der Waals surface area contributed by atoms with Crippen molar-refractivity contribution in [2.24, 2.45) is 0 Å². The summed E-state index contributed by atoms with van der Waals surface area (Å²) in [5.41, 5.74) is -0.252. The fraction of sp³-hybridized carbons (Fsp3) is 0.455. The average Bonchev–Trinajstić information content (AvgIpc) is 2.35. The van der Waals surface area contributed by atoms with Crippen molar-refractivity contribution in [2.45, 2.75) is 18.2 Å². The predicted octanol–water partition coefficient (Wildman–Crippen LogP) is 2.40. The Bertz CT molecular complexity index is 558. The first-order valence-electron chi connectivity index (χ1n) is 5.62. The molecule has 0 aromatic heterocycles. The third-order valence-electron chi connectivity index (χ3n) is 2.29. The van der Waals surface area contributed by atoms with Gasteiger partial charge in [-0.05, 0) is 12.5 Å². The van der Waals surface area contributed by atoms with Crippen LogP contribution in [-0.2, 0) is 9.84 Å². The van der Waals surface area contributed by atoms with Crippen molar-refractivity contribution in [1.82, 2.24) is 0 Å². The van der Waals surface area contributed by atoms with Gasteiger partial charge in [-0.3, -0.25) is 10.1 Å². The van der Waals surface area contributed by atoms with Crippen molar-refractivity contribution in [3.8, 4) is 5.75 Å². The summed E-state index contributed by atoms with van der Waals surface area (Å²) in [4.78, 5) is 10.2. The van der Waals surface area contributed by atoms with Crippen molar-refractivity contribution >= 4 is 27.1 Å². The smallest absolute Gasteiger partial charge is 0.311 e. The first-order chi connectivity index (χ1) is 8.92. The molecule has 0 spiro atoms. The summed E-state index contributed by atoms with van der Waals surface area (Å²) in [7, 11) is -3.53. The molecule has 0 saturated heterocycles. The van der Waals surface area contributed by atoms with E-state index in [2.05, 4.69) is 0 Å². The summed E-state index contributed by atoms with van der Waals surface area (Å²) in [5, 5.41) is 10.8. The highest BCUT2D eigenvalue weighted by Crippen LogP contribution is 2.30. The molecular formula is C11H14ClNO5S. The van der Waals surface area contributed by atoms with Gasteiger partial charge in [-0.15, -0.1) is 11.6 Å². The molecule has 0 amide bonds. The lowest BCUT2D eigenvalue weighted by molar-refractivity contribution is -0.385. The molecule has 0 bridgehead atoms. The van der Waals surface area contributed by atoms with Gasteiger partial charge in [0.1, 0.15) is 0 Å². The van der Waals surface area contributed by atoms with Gasteiger partial charge in [0.2, 0.25) is 0 Å². The summed E-state index contributed by atoms with van der Waals surface area (Å²) in [6.45, 7) is 2.12. The standard InChI is InChI=1S/C11H14ClNO5S/c1-2-6-18-11-8-9(19(16,17)7-5-12)3-4-10(11)13(14)15/h3-4,8H,2,5-7H2,1H3. The Balaban J connectivity index is 3.21. The third-order valence-corrected chi connectivity index (χ3v) is 4.42. The molecule has 0 aliphatic carbocycles. The number of alkyl halides is 1. The molecule has 0 N–H and O–H groups in total. The number of benzene rings is 1. The van der Waals surface area contributed by atoms with Crippen molar-refractivity contribution in [2.75, 3.05) is 18.2 Å². The molecule has 0 unspecified atom stereocenters. The second kappa shape index (κ2) is 6.72. The van der Waals surface area contributed by atoms with Crippen LogP contribution in [0.15, 0.2) is 23.1 Å². The van der Waals surface area contributed by atoms with E-state index in [0.717, 1.165) is 6.07 Å². The Labute approximate surface area is 116 Å². The molecule has 0 atom stereocenters. The molecule has 0 radical (unpaired) electrons. The summed E-state index contributed by atoms with van der Waals surface area (Å²) < 4.78 is 28.9. The van der Waals surface area contributed by atoms with Gasteiger partial charge in [0, 0.05) is 18.0 Å². The number of nitrogens with zero attached hydrogens (tertiary/aromatic N) is 1. The van der Waals surface area contributed by atoms with Crippen LogP contribution in [0.3, 0.4) is 0 Å². The van der Waals surface area contributed by atoms with Gasteiger partial charge in [-0.2, -0.15) is 0 Å². The Morgan fingerprint density at radius 1 is 1.42 bits per heavy atom. The molecule has 0 saturated carbocycles. The zero-order valence-electron chi connectivity index (χ0n) is 10.3. The Morgan fingerprint density at radius 3 is 2.63 bits per heavy atom. The number of nitro groups is 1. The van der Waals surface area contributed by atoms with Gasteiger partial charge in [0.25, 0.3) is 0 Å². The zero-order chi connectivity index (χ0) is 14.5. The predicted molar refractivity (Wildman–Crippen MR) is 71.7 cm³/mol. The normalized spacial score (nSPS) is 11.3. The average molecular weight is 308 g/mol. The van der Waals surface area contributed by atoms with E-state index >= 15 is 0 Å². The highest BCUT2D eigenvalue weighted by Gasteiger charge is 2.21. The monoisotopic (exact) mass is 307 g/mol. The number of sulfone groups is 1. The molecule has 106 valence electrons. The molecule has 0 fully saturated rings. The van der Waals surface area contributed by atoms with E-state index in [0.29, 0.717) is 6.42 Å². The fourth-order valence-electron chi connectivity index (χ4n) is 1.39. The number of ether oxygens (including phenoxy) is 1. The SMILES string of the molecule is CCCOc1cc(S(=O)(=O)CCCl)ccc1[N+](=O)[O-]. The van der Waals surface area contributed by atoms with Gasteiger partial charge in [-0.25, -0.2) is 8.42 Å². The van der Waals surface area contributed by atoms with Gasteiger partial charge in [0.05, 0.1) is 22.2 Å². The summed E-state index contributed by atoms with van der Waals surface area (Å²) in [6, 6.07) is 3.50. The van der Waals surface area contributed by atoms with Crippen LogP contribution in [0.1, 0.15) is 13.3 Å². The Hall–Kier alpha value is -1.34. The molecule has 6 nitrogen and oxygen atoms in total. The van der Waals surface area contributed by atoms with Crippen molar-refractivity contribution in [3.05, 3.63) is 28.3 Å². The molecule has 1 aromatic carbocycles. The fourth-order valence-corrected chi connectivity index (χ4v) is 3.00. The summed E-state index contributed by atoms with van der Waals surface area (Å²) in [5.74, 6) is -0.299. The maximum absolute atomic E-state index is 11.8. The van der Waals surface area contributed by atoms with E-state index < -0.39 is 14.8 Å². The van der Waals surface area contributed by atoms with Gasteiger partial charge >= 0.3 is 5.69 Å². The number of halogens is 1. The summed E-state index contributed by atoms with van der Waals surface area (Å²) in [6.07, 6.45) is 0.663. The minimum absolute atomic E-state index is 0.0233. The largest absolute Gasteiger partial charge is 0.487 e. The molecule has 1 aromatic rings. The molecule has 1 rings (SSSR count). The summed E-state index contributed by atoms with van der Waals surface area (Å²) >= 11 is 5.42. The quantitative estimate of drug-likeness (QED) is 0.438. The van der Waals surface area contributed by atoms with Gasteiger partial charge in [-0.1, -0.05) is 6.92 Å². The van der Waals surface area contributed by atoms with Crippen molar-refractivity contribution < 1.29 is 18.1 Å². The van der Waals surface area contributed by atoms with E-state index in [1.807, 2.05) is 6.92 Å². The second-order valence-electron chi connectivity index (χ2n) is 3.74. The lowest BCUT2D eigenvalue weighted by Crippen LogP contribution is -2.09. The first-order valence-corrected chi connectivity index (χ1v) is 7.81. The number of hydrogen-bond acceptors (Lipinski definition) is 5. The highest BCUT2D eigenvalue weighted by molar-refractivity contribution is 7.91. The molecule has 0 aliphatic heterocycles. The van der Waals surface area contributed by atoms with E-state index in [9.17, 15) is 18.5 Å². The first kappa shape index (κ1) is 15.7. The minimum Gasteiger partial charge on any atom is -0.487 e. The number of hydrogen-bond donors (Lipinski definition) is 0. The second-order valence-corrected chi connectivity index (χ2v) is 6.23. The topological polar surface area (TPSA) is 86.5 Å². The van der Waals surface area contributed by atoms with Crippen LogP contribution in [0.2, 0.25) is 0 Å². The lowest BCUT2D eigenvalue weighted by atomic mass is 10.3. The number of rotatable bonds is 7. The Kier molecular flexibility index (Phi) is 5.56. The van der Waals surface area contributed by atoms with Gasteiger partial charge in [0.15, 0.2) is 15.6 Å². The van der Waals surface area contributed by atoms with Crippen LogP contribution in [-0.4, -0.2) is 31.6 Å². The molecule has 0 heterocycles. The molecule has 19 heavy (non-hydrogen) atoms. The van der Waals surface area contributed by atoms with Crippen LogP contribution < -0.4 is 4.74 Å². The van der Waals surface area contributed by atoms with Crippen LogP contribution in [0.25, 0.3) is 0 Å². The van der Waals surface area contributed by atoms with Crippen LogP contribution in [0.4, 0.5) is 5.69 Å². The van der Waals surface area contributed by atoms with Crippen molar-refractivity contribution in [3.63, 3.8) is 0 Å². The van der Waals surface area contributed by atoms with Crippen molar-refractivity contribution in [1.29, 1.82) is 0 Å². The van der Waals surface area contributed by atoms with Gasteiger partial charge < -0.3 is 4.74 Å². The molecule has 8 heteroatoms. The van der Waals surface area contributed by atoms with Crippen LogP contribution in [0, 0.1) is 10.1 Å². The zero-order valence-corrected chi connectivity index (χ0v) is 11.9. The van der Waals surface area contributed by atoms with E-state index in [-0.39, 0.29) is 34.6 Å². The maximum atomic E-state index is 11.8. The van der Waals surface area contributed by atoms with E-state index in [1.54, 1.807) is 0 Å². The molecular weight excluding hydrogens is 294 g/mol. The van der Waals surface area contributed by atoms with Crippen LogP contribution in [0.5, 0.6) is 5.75 Å². The minimum atomic E-state index is -3.53. The highest BCUT2D eigenvalue weighted by atomic mass is 35.5. The van der Waals surface area contributed by atoms with E-state index in [1.165, 1.54) is 12.1 Å². The Morgan fingerprint density at radius 2 is 2.11 bits per heavy atom. The third kappa shape index (κ3) is 4.07. The molecule has 0 aliphatic rings. The van der Waals surface area contributed by atoms with Crippen LogP contribution >= 0.6 is 11.6 Å². The van der Waals surface area contributed by atoms with E-state index in [4.69, 9.17) is 16.3 Å². The maximum Gasteiger partial charge on any atom is 0.311 e. The number of nitro benzene ring substituents is 1.